The highest BCUT2D eigenvalue weighted by molar-refractivity contribution is 5.73. The minimum atomic E-state index is -1.23. The molecule has 0 fully saturated rings. The van der Waals surface area contributed by atoms with Crippen molar-refractivity contribution in [2.24, 2.45) is 0 Å². The molecule has 0 bridgehead atoms. The van der Waals surface area contributed by atoms with Gasteiger partial charge in [-0.15, -0.1) is 0 Å². The number of carboxylic acid groups (broad SMARTS) is 6. The van der Waals surface area contributed by atoms with Gasteiger partial charge in [-0.3, -0.25) is 29.0 Å². The van der Waals surface area contributed by atoms with E-state index in [0.29, 0.717) is 4.90 Å². The molecule has 0 unspecified atom stereocenters. The number of carbonyl (C=O) groups excluding carboxylic acids is 1. The zero-order valence-corrected chi connectivity index (χ0v) is 15.9. The van der Waals surface area contributed by atoms with E-state index in [1.807, 2.05) is 0 Å². The monoisotopic (exact) mass is 439 g/mol. The summed E-state index contributed by atoms with van der Waals surface area (Å²) in [5.41, 5.74) is 0. The maximum absolute atomic E-state index is 11.0. The molecule has 15 heteroatoms. The van der Waals surface area contributed by atoms with Crippen molar-refractivity contribution in [2.75, 3.05) is 58.9 Å². The molecule has 0 radical (unpaired) electrons. The van der Waals surface area contributed by atoms with Crippen molar-refractivity contribution in [2.45, 2.75) is 0 Å². The molecule has 0 aliphatic rings. The average Bonchev–Trinajstić information content (AvgIpc) is 2.55. The number of nitrogens with one attached hydrogen (secondary N) is 1. The van der Waals surface area contributed by atoms with Crippen LogP contribution in [0.15, 0.2) is 0 Å². The Bertz CT molecular complexity index is 525. The number of hydrogen-bond acceptors (Lipinski definition) is 9. The molecule has 0 rings (SSSR count). The van der Waals surface area contributed by atoms with Crippen LogP contribution in [0.3, 0.4) is 0 Å². The molecule has 15 nitrogen and oxygen atoms in total. The minimum Gasteiger partial charge on any atom is -0.554 e. The Labute approximate surface area is 170 Å². The van der Waals surface area contributed by atoms with Crippen molar-refractivity contribution in [3.05, 3.63) is 0 Å². The number of hydrogen-bond donors (Lipinski definition) is 6. The SMILES string of the molecule is O=C(O)CN(CC[NH+](CCN(CC(=O)O)CC(=O)O)CC(=O)O)CC(=O)O.O=C[O-]. The van der Waals surface area contributed by atoms with E-state index in [-0.39, 0.29) is 32.7 Å². The van der Waals surface area contributed by atoms with E-state index in [0.717, 1.165) is 9.80 Å². The molecule has 0 saturated carbocycles. The first kappa shape index (κ1) is 28.9. The van der Waals surface area contributed by atoms with Gasteiger partial charge in [0.25, 0.3) is 0 Å². The average molecular weight is 439 g/mol. The van der Waals surface area contributed by atoms with Crippen LogP contribution in [0.5, 0.6) is 0 Å². The van der Waals surface area contributed by atoms with Crippen LogP contribution in [-0.2, 0) is 28.8 Å². The van der Waals surface area contributed by atoms with Gasteiger partial charge in [-0.2, -0.15) is 0 Å². The first-order valence-corrected chi connectivity index (χ1v) is 8.34. The van der Waals surface area contributed by atoms with Gasteiger partial charge in [-0.1, -0.05) is 0 Å². The van der Waals surface area contributed by atoms with Crippen LogP contribution in [0.2, 0.25) is 0 Å². The summed E-state index contributed by atoms with van der Waals surface area (Å²) in [5.74, 6) is -6.08. The van der Waals surface area contributed by atoms with Crippen LogP contribution < -0.4 is 10.0 Å². The van der Waals surface area contributed by atoms with E-state index in [1.54, 1.807) is 0 Å². The van der Waals surface area contributed by atoms with Gasteiger partial charge in [-0.05, 0) is 0 Å². The first-order valence-electron chi connectivity index (χ1n) is 8.34. The van der Waals surface area contributed by atoms with Gasteiger partial charge in [-0.25, -0.2) is 4.79 Å². The predicted octanol–water partition coefficient (Wildman–Crippen LogP) is -5.74. The number of quaternary nitrogens is 1. The fraction of sp³-hybridized carbons (Fsp3) is 0.600. The third-order valence-corrected chi connectivity index (χ3v) is 3.40. The molecule has 0 aromatic rings. The maximum Gasteiger partial charge on any atom is 0.359 e. The van der Waals surface area contributed by atoms with Gasteiger partial charge >= 0.3 is 29.8 Å². The highest BCUT2D eigenvalue weighted by atomic mass is 16.4. The topological polar surface area (TPSA) is 238 Å². The molecule has 30 heavy (non-hydrogen) atoms. The molecular formula is C15H25N3O12. The molecule has 0 aliphatic heterocycles. The minimum absolute atomic E-state index is 0.0148. The van der Waals surface area contributed by atoms with Crippen molar-refractivity contribution in [3.63, 3.8) is 0 Å². The number of aliphatic carboxylic acids is 5. The molecule has 0 spiro atoms. The molecule has 0 atom stereocenters. The third kappa shape index (κ3) is 19.5. The lowest BCUT2D eigenvalue weighted by Gasteiger charge is -2.25. The second-order valence-corrected chi connectivity index (χ2v) is 5.91. The highest BCUT2D eigenvalue weighted by Gasteiger charge is 2.21. The normalized spacial score (nSPS) is 10.4. The molecule has 0 saturated heterocycles. The summed E-state index contributed by atoms with van der Waals surface area (Å²) >= 11 is 0. The quantitative estimate of drug-likeness (QED) is 0.123. The van der Waals surface area contributed by atoms with Gasteiger partial charge in [0.1, 0.15) is 0 Å². The van der Waals surface area contributed by atoms with E-state index in [2.05, 4.69) is 0 Å². The summed E-state index contributed by atoms with van der Waals surface area (Å²) in [7, 11) is 0. The third-order valence-electron chi connectivity index (χ3n) is 3.40. The molecule has 0 aromatic heterocycles. The van der Waals surface area contributed by atoms with Gasteiger partial charge < -0.3 is 40.3 Å². The number of rotatable bonds is 16. The molecule has 172 valence electrons. The zero-order chi connectivity index (χ0) is 23.7. The van der Waals surface area contributed by atoms with E-state index in [1.165, 1.54) is 0 Å². The Morgan fingerprint density at radius 2 is 0.933 bits per heavy atom. The van der Waals surface area contributed by atoms with Gasteiger partial charge in [0.2, 0.25) is 0 Å². The van der Waals surface area contributed by atoms with Crippen LogP contribution >= 0.6 is 0 Å². The van der Waals surface area contributed by atoms with Gasteiger partial charge in [0, 0.05) is 19.6 Å². The van der Waals surface area contributed by atoms with Crippen molar-refractivity contribution in [1.82, 2.24) is 9.80 Å². The maximum atomic E-state index is 11.0. The smallest absolute Gasteiger partial charge is 0.359 e. The summed E-state index contributed by atoms with van der Waals surface area (Å²) < 4.78 is 0. The summed E-state index contributed by atoms with van der Waals surface area (Å²) in [6.07, 6.45) is 0. The molecular weight excluding hydrogens is 414 g/mol. The van der Waals surface area contributed by atoms with Gasteiger partial charge in [0.15, 0.2) is 6.54 Å². The zero-order valence-electron chi connectivity index (χ0n) is 15.9. The van der Waals surface area contributed by atoms with Crippen LogP contribution in [0.4, 0.5) is 0 Å². The molecule has 6 N–H and O–H groups in total. The number of nitrogens with zero attached hydrogens (tertiary/aromatic N) is 2. The van der Waals surface area contributed by atoms with E-state index in [9.17, 15) is 24.0 Å². The highest BCUT2D eigenvalue weighted by Crippen LogP contribution is 1.88. The molecule has 0 amide bonds. The Balaban J connectivity index is 0. The van der Waals surface area contributed by atoms with Crippen LogP contribution in [-0.4, -0.2) is 131 Å². The largest absolute Gasteiger partial charge is 0.554 e. The summed E-state index contributed by atoms with van der Waals surface area (Å²) in [6, 6.07) is 0. The van der Waals surface area contributed by atoms with Crippen LogP contribution in [0.25, 0.3) is 0 Å². The second-order valence-electron chi connectivity index (χ2n) is 5.91. The Kier molecular flexibility index (Phi) is 16.0. The number of carbonyl (C=O) groups is 6. The van der Waals surface area contributed by atoms with Gasteiger partial charge in [0.05, 0.1) is 39.3 Å². The van der Waals surface area contributed by atoms with E-state index >= 15 is 0 Å². The van der Waals surface area contributed by atoms with Crippen molar-refractivity contribution < 1.29 is 64.3 Å². The standard InChI is InChI=1S/C14H23N3O10.CH2O2/c18-10(19)5-15(1-3-16(6-11(20)21)7-12(22)23)2-4-17(8-13(24)25)9-14(26)27;2-1-3/h1-9H2,(H,18,19)(H,20,21)(H,22,23)(H,24,25)(H,26,27);1H,(H,2,3). The second kappa shape index (κ2) is 16.6. The van der Waals surface area contributed by atoms with Crippen molar-refractivity contribution in [1.29, 1.82) is 0 Å². The van der Waals surface area contributed by atoms with Crippen LogP contribution in [0, 0.1) is 0 Å². The Morgan fingerprint density at radius 3 is 1.13 bits per heavy atom. The van der Waals surface area contributed by atoms with Crippen LogP contribution in [0.1, 0.15) is 0 Å². The van der Waals surface area contributed by atoms with E-state index < -0.39 is 62.5 Å². The summed E-state index contributed by atoms with van der Waals surface area (Å²) in [4.78, 5) is 65.0. The van der Waals surface area contributed by atoms with E-state index in [4.69, 9.17) is 35.4 Å². The molecule has 0 aromatic carbocycles. The Hall–Kier alpha value is -3.30. The Morgan fingerprint density at radius 1 is 0.667 bits per heavy atom. The lowest BCUT2D eigenvalue weighted by molar-refractivity contribution is -0.891. The molecule has 0 heterocycles. The first-order chi connectivity index (χ1) is 13.9. The fourth-order valence-corrected chi connectivity index (χ4v) is 2.34. The lowest BCUT2D eigenvalue weighted by Crippen LogP contribution is -3.14. The van der Waals surface area contributed by atoms with Crippen molar-refractivity contribution >= 4 is 36.3 Å². The number of carboxylic acids is 5. The predicted molar refractivity (Wildman–Crippen MR) is 92.7 cm³/mol. The molecule has 0 aliphatic carbocycles. The fourth-order valence-electron chi connectivity index (χ4n) is 2.34. The van der Waals surface area contributed by atoms with Crippen molar-refractivity contribution in [3.8, 4) is 0 Å². The summed E-state index contributed by atoms with van der Waals surface area (Å²) in [6.45, 7) is -2.86. The lowest BCUT2D eigenvalue weighted by atomic mass is 10.3. The summed E-state index contributed by atoms with van der Waals surface area (Å²) in [5, 5.41) is 52.4.